The lowest BCUT2D eigenvalue weighted by Gasteiger charge is -2.35. The van der Waals surface area contributed by atoms with Crippen molar-refractivity contribution < 1.29 is 14.7 Å². The van der Waals surface area contributed by atoms with Gasteiger partial charge in [-0.3, -0.25) is 9.59 Å². The smallest absolute Gasteiger partial charge is 0.245 e. The normalized spacial score (nSPS) is 20.7. The van der Waals surface area contributed by atoms with Crippen LogP contribution in [-0.2, 0) is 9.59 Å². The average molecular weight is 318 g/mol. The Balaban J connectivity index is 1.85. The van der Waals surface area contributed by atoms with Gasteiger partial charge in [-0.15, -0.1) is 0 Å². The van der Waals surface area contributed by atoms with Gasteiger partial charge in [0, 0.05) is 12.6 Å². The molecule has 1 saturated heterocycles. The minimum absolute atomic E-state index is 0.0419. The van der Waals surface area contributed by atoms with E-state index in [2.05, 4.69) is 5.32 Å². The maximum absolute atomic E-state index is 12.4. The number of benzene rings is 1. The first-order valence-corrected chi connectivity index (χ1v) is 8.32. The van der Waals surface area contributed by atoms with Crippen molar-refractivity contribution >= 4 is 11.8 Å². The zero-order chi connectivity index (χ0) is 16.8. The molecule has 0 saturated carbocycles. The summed E-state index contributed by atoms with van der Waals surface area (Å²) >= 11 is 0. The number of hydrogen-bond donors (Lipinski definition) is 2. The fourth-order valence-electron chi connectivity index (χ4n) is 3.01. The number of nitrogens with one attached hydrogen (secondary N) is 1. The summed E-state index contributed by atoms with van der Waals surface area (Å²) in [6.45, 7) is 4.51. The summed E-state index contributed by atoms with van der Waals surface area (Å²) in [6, 6.07) is 8.72. The SMILES string of the molecule is CC(NC(=O)CC(O)c1ccccc1)C(=O)N1CCCCC1C. The molecule has 3 atom stereocenters. The van der Waals surface area contributed by atoms with E-state index in [0.717, 1.165) is 25.8 Å². The second-order valence-corrected chi connectivity index (χ2v) is 6.30. The predicted molar refractivity (Wildman–Crippen MR) is 88.6 cm³/mol. The molecule has 2 N–H and O–H groups in total. The van der Waals surface area contributed by atoms with E-state index in [1.54, 1.807) is 19.1 Å². The van der Waals surface area contributed by atoms with Gasteiger partial charge in [0.1, 0.15) is 6.04 Å². The van der Waals surface area contributed by atoms with E-state index in [0.29, 0.717) is 5.56 Å². The third-order valence-corrected chi connectivity index (χ3v) is 4.40. The highest BCUT2D eigenvalue weighted by atomic mass is 16.3. The Morgan fingerprint density at radius 2 is 2.00 bits per heavy atom. The van der Waals surface area contributed by atoms with Gasteiger partial charge >= 0.3 is 0 Å². The molecule has 1 aliphatic rings. The lowest BCUT2D eigenvalue weighted by atomic mass is 10.0. The standard InChI is InChI=1S/C18H26N2O3/c1-13-8-6-7-11-20(13)18(23)14(2)19-17(22)12-16(21)15-9-4-3-5-10-15/h3-5,9-10,13-14,16,21H,6-8,11-12H2,1-2H3,(H,19,22). The molecule has 0 spiro atoms. The van der Waals surface area contributed by atoms with Crippen LogP contribution in [0.5, 0.6) is 0 Å². The molecule has 0 radical (unpaired) electrons. The van der Waals surface area contributed by atoms with Gasteiger partial charge in [-0.2, -0.15) is 0 Å². The molecule has 1 heterocycles. The van der Waals surface area contributed by atoms with Crippen molar-refractivity contribution in [3.8, 4) is 0 Å². The van der Waals surface area contributed by atoms with Crippen molar-refractivity contribution in [1.29, 1.82) is 0 Å². The quantitative estimate of drug-likeness (QED) is 0.872. The van der Waals surface area contributed by atoms with Crippen LogP contribution in [0.3, 0.4) is 0 Å². The van der Waals surface area contributed by atoms with Crippen molar-refractivity contribution in [1.82, 2.24) is 10.2 Å². The van der Waals surface area contributed by atoms with Gasteiger partial charge in [-0.1, -0.05) is 30.3 Å². The van der Waals surface area contributed by atoms with Crippen molar-refractivity contribution in [2.45, 2.75) is 57.7 Å². The molecule has 0 aliphatic carbocycles. The first kappa shape index (κ1) is 17.5. The van der Waals surface area contributed by atoms with E-state index >= 15 is 0 Å². The largest absolute Gasteiger partial charge is 0.388 e. The summed E-state index contributed by atoms with van der Waals surface area (Å²) in [6.07, 6.45) is 2.28. The van der Waals surface area contributed by atoms with Crippen LogP contribution in [-0.4, -0.2) is 40.4 Å². The number of likely N-dealkylation sites (tertiary alicyclic amines) is 1. The Bertz CT molecular complexity index is 532. The van der Waals surface area contributed by atoms with Crippen LogP contribution >= 0.6 is 0 Å². The molecule has 1 aromatic rings. The lowest BCUT2D eigenvalue weighted by Crippen LogP contribution is -2.51. The van der Waals surface area contributed by atoms with Crippen LogP contribution in [0.2, 0.25) is 0 Å². The van der Waals surface area contributed by atoms with Gasteiger partial charge in [0.25, 0.3) is 0 Å². The predicted octanol–water partition coefficient (Wildman–Crippen LogP) is 2.02. The van der Waals surface area contributed by atoms with E-state index in [-0.39, 0.29) is 24.3 Å². The molecule has 126 valence electrons. The molecule has 0 bridgehead atoms. The van der Waals surface area contributed by atoms with Crippen molar-refractivity contribution in [2.75, 3.05) is 6.54 Å². The monoisotopic (exact) mass is 318 g/mol. The van der Waals surface area contributed by atoms with E-state index < -0.39 is 12.1 Å². The number of piperidine rings is 1. The van der Waals surface area contributed by atoms with E-state index in [4.69, 9.17) is 0 Å². The van der Waals surface area contributed by atoms with Crippen LogP contribution in [0.1, 0.15) is 51.2 Å². The van der Waals surface area contributed by atoms with Gasteiger partial charge in [0.15, 0.2) is 0 Å². The highest BCUT2D eigenvalue weighted by Crippen LogP contribution is 2.18. The van der Waals surface area contributed by atoms with Crippen LogP contribution in [0.15, 0.2) is 30.3 Å². The minimum atomic E-state index is -0.854. The maximum Gasteiger partial charge on any atom is 0.245 e. The fraction of sp³-hybridized carbons (Fsp3) is 0.556. The molecule has 1 aromatic carbocycles. The summed E-state index contributed by atoms with van der Waals surface area (Å²) in [5.74, 6) is -0.355. The van der Waals surface area contributed by atoms with Gasteiger partial charge in [-0.05, 0) is 38.7 Å². The number of nitrogens with zero attached hydrogens (tertiary/aromatic N) is 1. The number of carbonyl (C=O) groups excluding carboxylic acids is 2. The highest BCUT2D eigenvalue weighted by Gasteiger charge is 2.28. The number of carbonyl (C=O) groups is 2. The van der Waals surface area contributed by atoms with Gasteiger partial charge < -0.3 is 15.3 Å². The number of aliphatic hydroxyl groups is 1. The Labute approximate surface area is 137 Å². The summed E-state index contributed by atoms with van der Waals surface area (Å²) in [5.41, 5.74) is 0.700. The minimum Gasteiger partial charge on any atom is -0.388 e. The van der Waals surface area contributed by atoms with E-state index in [1.165, 1.54) is 0 Å². The van der Waals surface area contributed by atoms with E-state index in [1.807, 2.05) is 30.0 Å². The Kier molecular flexibility index (Phi) is 6.16. The van der Waals surface area contributed by atoms with Crippen molar-refractivity contribution in [3.63, 3.8) is 0 Å². The number of hydrogen-bond acceptors (Lipinski definition) is 3. The summed E-state index contributed by atoms with van der Waals surface area (Å²) < 4.78 is 0. The number of aliphatic hydroxyl groups excluding tert-OH is 1. The van der Waals surface area contributed by atoms with Crippen molar-refractivity contribution in [3.05, 3.63) is 35.9 Å². The van der Waals surface area contributed by atoms with Crippen LogP contribution in [0, 0.1) is 0 Å². The van der Waals surface area contributed by atoms with Crippen molar-refractivity contribution in [2.24, 2.45) is 0 Å². The fourth-order valence-corrected chi connectivity index (χ4v) is 3.01. The summed E-state index contributed by atoms with van der Waals surface area (Å²) in [7, 11) is 0. The molecule has 5 heteroatoms. The second kappa shape index (κ2) is 8.11. The van der Waals surface area contributed by atoms with Crippen LogP contribution in [0.25, 0.3) is 0 Å². The molecule has 1 aliphatic heterocycles. The lowest BCUT2D eigenvalue weighted by molar-refractivity contribution is -0.139. The Morgan fingerprint density at radius 1 is 1.30 bits per heavy atom. The molecule has 5 nitrogen and oxygen atoms in total. The van der Waals surface area contributed by atoms with E-state index in [9.17, 15) is 14.7 Å². The molecule has 0 aromatic heterocycles. The second-order valence-electron chi connectivity index (χ2n) is 6.30. The van der Waals surface area contributed by atoms with Gasteiger partial charge in [0.05, 0.1) is 12.5 Å². The molecule has 3 unspecified atom stereocenters. The first-order chi connectivity index (χ1) is 11.0. The molecular formula is C18H26N2O3. The zero-order valence-corrected chi connectivity index (χ0v) is 13.9. The molecule has 1 fully saturated rings. The molecular weight excluding hydrogens is 292 g/mol. The summed E-state index contributed by atoms with van der Waals surface area (Å²) in [4.78, 5) is 26.4. The maximum atomic E-state index is 12.4. The zero-order valence-electron chi connectivity index (χ0n) is 13.9. The third-order valence-electron chi connectivity index (χ3n) is 4.40. The highest BCUT2D eigenvalue weighted by molar-refractivity contribution is 5.87. The molecule has 2 rings (SSSR count). The number of rotatable bonds is 5. The van der Waals surface area contributed by atoms with Crippen LogP contribution in [0.4, 0.5) is 0 Å². The number of amides is 2. The Morgan fingerprint density at radius 3 is 2.65 bits per heavy atom. The van der Waals surface area contributed by atoms with Gasteiger partial charge in [-0.25, -0.2) is 0 Å². The molecule has 2 amide bonds. The third kappa shape index (κ3) is 4.79. The topological polar surface area (TPSA) is 69.6 Å². The average Bonchev–Trinajstić information content (AvgIpc) is 2.55. The first-order valence-electron chi connectivity index (χ1n) is 8.32. The van der Waals surface area contributed by atoms with Gasteiger partial charge in [0.2, 0.25) is 11.8 Å². The Hall–Kier alpha value is -1.88. The summed E-state index contributed by atoms with van der Waals surface area (Å²) in [5, 5.41) is 12.8. The molecule has 23 heavy (non-hydrogen) atoms. The van der Waals surface area contributed by atoms with Crippen LogP contribution < -0.4 is 5.32 Å².